The number of aliphatic hydroxyl groups excluding tert-OH is 1. The van der Waals surface area contributed by atoms with Crippen LogP contribution in [0, 0.1) is 11.3 Å². The first-order valence-electron chi connectivity index (χ1n) is 4.21. The third kappa shape index (κ3) is 3.14. The van der Waals surface area contributed by atoms with Crippen molar-refractivity contribution in [3.63, 3.8) is 0 Å². The van der Waals surface area contributed by atoms with Crippen molar-refractivity contribution in [3.05, 3.63) is 29.8 Å². The number of anilines is 1. The first kappa shape index (κ1) is 9.56. The Balaban J connectivity index is 2.46. The van der Waals surface area contributed by atoms with Gasteiger partial charge in [0.2, 0.25) is 0 Å². The van der Waals surface area contributed by atoms with Gasteiger partial charge in [-0.2, -0.15) is 5.26 Å². The average Bonchev–Trinajstić information content (AvgIpc) is 2.19. The van der Waals surface area contributed by atoms with Gasteiger partial charge in [-0.1, -0.05) is 0 Å². The zero-order chi connectivity index (χ0) is 9.52. The molecule has 0 saturated heterocycles. The van der Waals surface area contributed by atoms with E-state index < -0.39 is 0 Å². The molecule has 0 saturated carbocycles. The Labute approximate surface area is 77.6 Å². The predicted octanol–water partition coefficient (Wildman–Crippen LogP) is 1.35. The molecule has 1 aromatic rings. The summed E-state index contributed by atoms with van der Waals surface area (Å²) in [6, 6.07) is 9.30. The Kier molecular flexibility index (Phi) is 3.80. The van der Waals surface area contributed by atoms with E-state index in [4.69, 9.17) is 10.4 Å². The summed E-state index contributed by atoms with van der Waals surface area (Å²) in [5.74, 6) is 0. The van der Waals surface area contributed by atoms with Crippen molar-refractivity contribution < 1.29 is 5.11 Å². The van der Waals surface area contributed by atoms with Crippen LogP contribution in [-0.2, 0) is 0 Å². The zero-order valence-corrected chi connectivity index (χ0v) is 7.33. The SMILES string of the molecule is N#Cc1ccc(NCCCO)cc1. The van der Waals surface area contributed by atoms with Gasteiger partial charge in [0, 0.05) is 18.8 Å². The highest BCUT2D eigenvalue weighted by Gasteiger charge is 1.91. The number of hydrogen-bond acceptors (Lipinski definition) is 3. The van der Waals surface area contributed by atoms with Gasteiger partial charge in [-0.25, -0.2) is 0 Å². The molecule has 0 aliphatic heterocycles. The molecule has 3 nitrogen and oxygen atoms in total. The molecule has 13 heavy (non-hydrogen) atoms. The third-order valence-electron chi connectivity index (χ3n) is 1.68. The number of hydrogen-bond donors (Lipinski definition) is 2. The van der Waals surface area contributed by atoms with Crippen LogP contribution in [0.1, 0.15) is 12.0 Å². The minimum atomic E-state index is 0.198. The van der Waals surface area contributed by atoms with Crippen LogP contribution < -0.4 is 5.32 Å². The quantitative estimate of drug-likeness (QED) is 0.681. The summed E-state index contributed by atoms with van der Waals surface area (Å²) in [5, 5.41) is 20.2. The fraction of sp³-hybridized carbons (Fsp3) is 0.300. The van der Waals surface area contributed by atoms with Crippen molar-refractivity contribution >= 4 is 5.69 Å². The van der Waals surface area contributed by atoms with Crippen LogP contribution in [-0.4, -0.2) is 18.3 Å². The van der Waals surface area contributed by atoms with E-state index in [-0.39, 0.29) is 6.61 Å². The van der Waals surface area contributed by atoms with E-state index in [1.54, 1.807) is 12.1 Å². The Morgan fingerprint density at radius 2 is 2.00 bits per heavy atom. The van der Waals surface area contributed by atoms with E-state index >= 15 is 0 Å². The first-order chi connectivity index (χ1) is 6.36. The van der Waals surface area contributed by atoms with E-state index in [0.29, 0.717) is 5.56 Å². The molecule has 0 unspecified atom stereocenters. The lowest BCUT2D eigenvalue weighted by atomic mass is 10.2. The minimum absolute atomic E-state index is 0.198. The van der Waals surface area contributed by atoms with Crippen molar-refractivity contribution in [1.29, 1.82) is 5.26 Å². The second kappa shape index (κ2) is 5.18. The number of benzene rings is 1. The second-order valence-electron chi connectivity index (χ2n) is 2.69. The number of aliphatic hydroxyl groups is 1. The van der Waals surface area contributed by atoms with Gasteiger partial charge in [-0.05, 0) is 30.7 Å². The number of nitriles is 1. The van der Waals surface area contributed by atoms with Gasteiger partial charge in [-0.3, -0.25) is 0 Å². The summed E-state index contributed by atoms with van der Waals surface area (Å²) < 4.78 is 0. The van der Waals surface area contributed by atoms with Crippen LogP contribution >= 0.6 is 0 Å². The Morgan fingerprint density at radius 3 is 2.54 bits per heavy atom. The fourth-order valence-electron chi connectivity index (χ4n) is 0.974. The summed E-state index contributed by atoms with van der Waals surface area (Å²) in [5.41, 5.74) is 1.64. The second-order valence-corrected chi connectivity index (χ2v) is 2.69. The van der Waals surface area contributed by atoms with Gasteiger partial charge >= 0.3 is 0 Å². The molecule has 68 valence electrons. The molecule has 0 radical (unpaired) electrons. The van der Waals surface area contributed by atoms with E-state index in [1.807, 2.05) is 12.1 Å². The molecule has 3 heteroatoms. The lowest BCUT2D eigenvalue weighted by molar-refractivity contribution is 0.292. The molecule has 0 amide bonds. The van der Waals surface area contributed by atoms with Crippen molar-refractivity contribution in [2.45, 2.75) is 6.42 Å². The summed E-state index contributed by atoms with van der Waals surface area (Å²) in [7, 11) is 0. The van der Waals surface area contributed by atoms with Gasteiger partial charge in [0.05, 0.1) is 11.6 Å². The molecule has 0 aliphatic rings. The lowest BCUT2D eigenvalue weighted by Crippen LogP contribution is -2.02. The highest BCUT2D eigenvalue weighted by Crippen LogP contribution is 2.08. The molecule has 1 aromatic carbocycles. The molecular formula is C10H12N2O. The molecule has 0 spiro atoms. The van der Waals surface area contributed by atoms with Crippen molar-refractivity contribution in [2.75, 3.05) is 18.5 Å². The van der Waals surface area contributed by atoms with Crippen LogP contribution in [0.3, 0.4) is 0 Å². The molecule has 0 bridgehead atoms. The van der Waals surface area contributed by atoms with Gasteiger partial charge in [-0.15, -0.1) is 0 Å². The van der Waals surface area contributed by atoms with Crippen molar-refractivity contribution in [2.24, 2.45) is 0 Å². The van der Waals surface area contributed by atoms with Gasteiger partial charge in [0.15, 0.2) is 0 Å². The van der Waals surface area contributed by atoms with Gasteiger partial charge < -0.3 is 10.4 Å². The Bertz CT molecular complexity index is 287. The normalized spacial score (nSPS) is 9.23. The number of nitrogens with zero attached hydrogens (tertiary/aromatic N) is 1. The van der Waals surface area contributed by atoms with Gasteiger partial charge in [0.1, 0.15) is 0 Å². The molecule has 0 heterocycles. The molecule has 1 rings (SSSR count). The molecule has 2 N–H and O–H groups in total. The predicted molar refractivity (Wildman–Crippen MR) is 51.3 cm³/mol. The highest BCUT2D eigenvalue weighted by molar-refractivity contribution is 5.46. The minimum Gasteiger partial charge on any atom is -0.396 e. The first-order valence-corrected chi connectivity index (χ1v) is 4.21. The maximum atomic E-state index is 8.54. The van der Waals surface area contributed by atoms with E-state index in [1.165, 1.54) is 0 Å². The largest absolute Gasteiger partial charge is 0.396 e. The molecule has 0 atom stereocenters. The van der Waals surface area contributed by atoms with Crippen LogP contribution in [0.5, 0.6) is 0 Å². The highest BCUT2D eigenvalue weighted by atomic mass is 16.3. The summed E-state index contributed by atoms with van der Waals surface area (Å²) in [6.45, 7) is 0.950. The topological polar surface area (TPSA) is 56.0 Å². The van der Waals surface area contributed by atoms with Crippen LogP contribution in [0.4, 0.5) is 5.69 Å². The number of nitrogens with one attached hydrogen (secondary N) is 1. The lowest BCUT2D eigenvalue weighted by Gasteiger charge is -2.03. The molecule has 0 aliphatic carbocycles. The molecule has 0 aromatic heterocycles. The smallest absolute Gasteiger partial charge is 0.0991 e. The molecule has 0 fully saturated rings. The maximum Gasteiger partial charge on any atom is 0.0991 e. The van der Waals surface area contributed by atoms with E-state index in [9.17, 15) is 0 Å². The van der Waals surface area contributed by atoms with E-state index in [0.717, 1.165) is 18.7 Å². The zero-order valence-electron chi connectivity index (χ0n) is 7.33. The maximum absolute atomic E-state index is 8.54. The monoisotopic (exact) mass is 176 g/mol. The summed E-state index contributed by atoms with van der Waals surface area (Å²) in [4.78, 5) is 0. The van der Waals surface area contributed by atoms with Crippen LogP contribution in [0.25, 0.3) is 0 Å². The summed E-state index contributed by atoms with van der Waals surface area (Å²) in [6.07, 6.45) is 0.736. The van der Waals surface area contributed by atoms with Gasteiger partial charge in [0.25, 0.3) is 0 Å². The average molecular weight is 176 g/mol. The van der Waals surface area contributed by atoms with Crippen molar-refractivity contribution in [3.8, 4) is 6.07 Å². The van der Waals surface area contributed by atoms with Crippen LogP contribution in [0.15, 0.2) is 24.3 Å². The fourth-order valence-corrected chi connectivity index (χ4v) is 0.974. The molecular weight excluding hydrogens is 164 g/mol. The van der Waals surface area contributed by atoms with Crippen LogP contribution in [0.2, 0.25) is 0 Å². The Hall–Kier alpha value is -1.53. The Morgan fingerprint density at radius 1 is 1.31 bits per heavy atom. The standard InChI is InChI=1S/C10H12N2O/c11-8-9-2-4-10(5-3-9)12-6-1-7-13/h2-5,12-13H,1,6-7H2. The number of rotatable bonds is 4. The third-order valence-corrected chi connectivity index (χ3v) is 1.68. The van der Waals surface area contributed by atoms with E-state index in [2.05, 4.69) is 11.4 Å². The van der Waals surface area contributed by atoms with Crippen molar-refractivity contribution in [1.82, 2.24) is 0 Å². The summed E-state index contributed by atoms with van der Waals surface area (Å²) >= 11 is 0.